The number of anilines is 3. The molecule has 2 N–H and O–H groups in total. The number of para-hydroxylation sites is 1. The number of fused-ring (bicyclic) bond motifs is 2. The molecule has 2 amide bonds. The van der Waals surface area contributed by atoms with Gasteiger partial charge in [-0.1, -0.05) is 37.6 Å². The summed E-state index contributed by atoms with van der Waals surface area (Å²) in [5.41, 5.74) is 2.03. The summed E-state index contributed by atoms with van der Waals surface area (Å²) in [5.74, 6) is -0.534. The second-order valence-electron chi connectivity index (χ2n) is 6.62. The normalized spacial score (nSPS) is 13.1. The van der Waals surface area contributed by atoms with Gasteiger partial charge in [0.15, 0.2) is 0 Å². The lowest BCUT2D eigenvalue weighted by Crippen LogP contribution is -2.30. The van der Waals surface area contributed by atoms with E-state index in [-0.39, 0.29) is 11.8 Å². The number of hydrogen-bond acceptors (Lipinski definition) is 4. The molecule has 7 heteroatoms. The molecule has 29 heavy (non-hydrogen) atoms. The van der Waals surface area contributed by atoms with E-state index in [2.05, 4.69) is 29.4 Å². The Hall–Kier alpha value is -2.83. The van der Waals surface area contributed by atoms with Gasteiger partial charge in [-0.2, -0.15) is 0 Å². The summed E-state index contributed by atoms with van der Waals surface area (Å²) in [7, 11) is 0. The van der Waals surface area contributed by atoms with Crippen LogP contribution in [0.4, 0.5) is 17.1 Å². The average Bonchev–Trinajstić information content (AvgIpc) is 2.84. The lowest BCUT2D eigenvalue weighted by Gasteiger charge is -2.22. The number of halogens is 1. The van der Waals surface area contributed by atoms with E-state index in [1.54, 1.807) is 48.7 Å². The molecule has 0 atom stereocenters. The van der Waals surface area contributed by atoms with Gasteiger partial charge in [0.2, 0.25) is 0 Å². The number of carbonyl (C=O) groups is 2. The molecule has 1 aliphatic heterocycles. The summed E-state index contributed by atoms with van der Waals surface area (Å²) in [6.07, 6.45) is 3.14. The van der Waals surface area contributed by atoms with Gasteiger partial charge < -0.3 is 15.5 Å². The van der Waals surface area contributed by atoms with E-state index in [9.17, 15) is 9.59 Å². The first-order valence-corrected chi connectivity index (χ1v) is 10.1. The van der Waals surface area contributed by atoms with E-state index in [1.807, 2.05) is 0 Å². The number of nitrogens with zero attached hydrogens (tertiary/aromatic N) is 2. The fraction of sp³-hybridized carbons (Fsp3) is 0.273. The number of hydrogen-bond donors (Lipinski definition) is 2. The number of likely N-dealkylation sites (N-methyl/N-ethyl adjacent to an activating group) is 1. The van der Waals surface area contributed by atoms with Crippen molar-refractivity contribution in [2.75, 3.05) is 36.4 Å². The van der Waals surface area contributed by atoms with Crippen LogP contribution >= 0.6 is 11.6 Å². The van der Waals surface area contributed by atoms with E-state index in [4.69, 9.17) is 11.6 Å². The van der Waals surface area contributed by atoms with Gasteiger partial charge in [0.1, 0.15) is 0 Å². The van der Waals surface area contributed by atoms with Crippen LogP contribution in [-0.4, -0.2) is 42.9 Å². The van der Waals surface area contributed by atoms with Gasteiger partial charge in [-0.15, -0.1) is 0 Å². The van der Waals surface area contributed by atoms with E-state index in [0.29, 0.717) is 27.6 Å². The number of nitrogens with one attached hydrogen (secondary N) is 2. The topological polar surface area (TPSA) is 64.7 Å². The van der Waals surface area contributed by atoms with Crippen LogP contribution in [0.1, 0.15) is 24.2 Å². The van der Waals surface area contributed by atoms with Crippen molar-refractivity contribution in [2.24, 2.45) is 0 Å². The SMILES string of the molecule is CCN(CC)CCN/C=C/C(=O)N1c2ccc(Cl)cc2NC(=O)c2ccccc21. The monoisotopic (exact) mass is 412 g/mol. The summed E-state index contributed by atoms with van der Waals surface area (Å²) in [6.45, 7) is 7.88. The second-order valence-corrected chi connectivity index (χ2v) is 7.06. The highest BCUT2D eigenvalue weighted by Gasteiger charge is 2.28. The number of benzene rings is 2. The minimum Gasteiger partial charge on any atom is -0.389 e. The van der Waals surface area contributed by atoms with E-state index in [1.165, 1.54) is 11.0 Å². The van der Waals surface area contributed by atoms with Crippen molar-refractivity contribution in [2.45, 2.75) is 13.8 Å². The van der Waals surface area contributed by atoms with E-state index >= 15 is 0 Å². The number of rotatable bonds is 7. The van der Waals surface area contributed by atoms with Crippen LogP contribution in [0.2, 0.25) is 5.02 Å². The Morgan fingerprint density at radius 3 is 2.69 bits per heavy atom. The molecule has 0 aromatic heterocycles. The van der Waals surface area contributed by atoms with Crippen LogP contribution in [0.5, 0.6) is 0 Å². The zero-order valence-corrected chi connectivity index (χ0v) is 17.4. The van der Waals surface area contributed by atoms with Gasteiger partial charge in [-0.25, -0.2) is 0 Å². The lowest BCUT2D eigenvalue weighted by molar-refractivity contribution is -0.113. The second kappa shape index (κ2) is 9.58. The van der Waals surface area contributed by atoms with Gasteiger partial charge in [-0.05, 0) is 43.4 Å². The molecule has 1 heterocycles. The van der Waals surface area contributed by atoms with Gasteiger partial charge in [0.05, 0.1) is 22.6 Å². The molecule has 0 aliphatic carbocycles. The highest BCUT2D eigenvalue weighted by molar-refractivity contribution is 6.31. The third-order valence-electron chi connectivity index (χ3n) is 4.87. The quantitative estimate of drug-likeness (QED) is 0.532. The maximum atomic E-state index is 13.1. The first-order chi connectivity index (χ1) is 14.0. The third-order valence-corrected chi connectivity index (χ3v) is 5.10. The molecule has 0 bridgehead atoms. The summed E-state index contributed by atoms with van der Waals surface area (Å²) in [4.78, 5) is 29.6. The predicted octanol–water partition coefficient (Wildman–Crippen LogP) is 4.02. The predicted molar refractivity (Wildman–Crippen MR) is 118 cm³/mol. The maximum Gasteiger partial charge on any atom is 0.257 e. The van der Waals surface area contributed by atoms with Crippen LogP contribution in [0, 0.1) is 0 Å². The average molecular weight is 413 g/mol. The summed E-state index contributed by atoms with van der Waals surface area (Å²) in [6, 6.07) is 12.1. The fourth-order valence-corrected chi connectivity index (χ4v) is 3.44. The molecule has 1 aliphatic rings. The highest BCUT2D eigenvalue weighted by Crippen LogP contribution is 2.39. The Balaban J connectivity index is 1.85. The summed E-state index contributed by atoms with van der Waals surface area (Å²) in [5, 5.41) is 6.49. The largest absolute Gasteiger partial charge is 0.389 e. The van der Waals surface area contributed by atoms with Crippen LogP contribution in [-0.2, 0) is 4.79 Å². The number of amides is 2. The van der Waals surface area contributed by atoms with Gasteiger partial charge in [0, 0.05) is 30.4 Å². The minimum absolute atomic E-state index is 0.257. The van der Waals surface area contributed by atoms with Crippen molar-refractivity contribution in [3.8, 4) is 0 Å². The molecule has 152 valence electrons. The zero-order valence-electron chi connectivity index (χ0n) is 16.6. The third kappa shape index (κ3) is 4.78. The highest BCUT2D eigenvalue weighted by atomic mass is 35.5. The molecule has 0 spiro atoms. The van der Waals surface area contributed by atoms with Crippen LogP contribution in [0.3, 0.4) is 0 Å². The molecule has 0 fully saturated rings. The van der Waals surface area contributed by atoms with Crippen molar-refractivity contribution in [3.63, 3.8) is 0 Å². The first kappa shape index (κ1) is 20.9. The molecular formula is C22H25ClN4O2. The lowest BCUT2D eigenvalue weighted by atomic mass is 10.1. The molecule has 2 aromatic carbocycles. The molecule has 0 radical (unpaired) electrons. The zero-order chi connectivity index (χ0) is 20.8. The van der Waals surface area contributed by atoms with Gasteiger partial charge in [0.25, 0.3) is 11.8 Å². The Kier molecular flexibility index (Phi) is 6.90. The van der Waals surface area contributed by atoms with E-state index < -0.39 is 0 Å². The Morgan fingerprint density at radius 1 is 1.17 bits per heavy atom. The van der Waals surface area contributed by atoms with Gasteiger partial charge >= 0.3 is 0 Å². The first-order valence-electron chi connectivity index (χ1n) is 9.71. The van der Waals surface area contributed by atoms with Crippen LogP contribution in [0.15, 0.2) is 54.7 Å². The summed E-state index contributed by atoms with van der Waals surface area (Å²) < 4.78 is 0. The smallest absolute Gasteiger partial charge is 0.257 e. The van der Waals surface area contributed by atoms with Crippen molar-refractivity contribution in [3.05, 3.63) is 65.3 Å². The molecule has 2 aromatic rings. The maximum absolute atomic E-state index is 13.1. The van der Waals surface area contributed by atoms with Crippen molar-refractivity contribution >= 4 is 40.5 Å². The Morgan fingerprint density at radius 2 is 1.93 bits per heavy atom. The van der Waals surface area contributed by atoms with Gasteiger partial charge in [-0.3, -0.25) is 14.5 Å². The van der Waals surface area contributed by atoms with E-state index in [0.717, 1.165) is 26.2 Å². The van der Waals surface area contributed by atoms with Crippen molar-refractivity contribution < 1.29 is 9.59 Å². The molecule has 0 saturated carbocycles. The number of carbonyl (C=O) groups excluding carboxylic acids is 2. The molecule has 0 unspecified atom stereocenters. The Bertz CT molecular complexity index is 925. The molecule has 3 rings (SSSR count). The fourth-order valence-electron chi connectivity index (χ4n) is 3.27. The Labute approximate surface area is 176 Å². The summed E-state index contributed by atoms with van der Waals surface area (Å²) >= 11 is 6.10. The van der Waals surface area contributed by atoms with Crippen LogP contribution < -0.4 is 15.5 Å². The molecule has 6 nitrogen and oxygen atoms in total. The van der Waals surface area contributed by atoms with Crippen LogP contribution in [0.25, 0.3) is 0 Å². The molecular weight excluding hydrogens is 388 g/mol. The van der Waals surface area contributed by atoms with Crippen molar-refractivity contribution in [1.82, 2.24) is 10.2 Å². The molecule has 0 saturated heterocycles. The van der Waals surface area contributed by atoms with Crippen molar-refractivity contribution in [1.29, 1.82) is 0 Å². The minimum atomic E-state index is -0.277. The standard InChI is InChI=1S/C22H25ClN4O2/c1-3-26(4-2)14-13-24-12-11-21(28)27-19-8-6-5-7-17(19)22(29)25-18-15-16(23)9-10-20(18)27/h5-12,15,24H,3-4,13-14H2,1-2H3,(H,25,29)/b12-11+.